The van der Waals surface area contributed by atoms with E-state index in [0.717, 1.165) is 83.1 Å². The summed E-state index contributed by atoms with van der Waals surface area (Å²) in [7, 11) is 1.97. The number of hydrogen-bond acceptors (Lipinski definition) is 4. The molecule has 3 aliphatic heterocycles. The topological polar surface area (TPSA) is 50.6 Å². The Labute approximate surface area is 137 Å². The van der Waals surface area contributed by atoms with Crippen molar-refractivity contribution in [2.75, 3.05) is 32.8 Å². The van der Waals surface area contributed by atoms with Gasteiger partial charge < -0.3 is 9.64 Å². The van der Waals surface area contributed by atoms with Crippen molar-refractivity contribution in [2.24, 2.45) is 13.0 Å². The van der Waals surface area contributed by atoms with E-state index in [9.17, 15) is 4.79 Å². The zero-order chi connectivity index (χ0) is 15.8. The highest BCUT2D eigenvalue weighted by Crippen LogP contribution is 2.29. The van der Waals surface area contributed by atoms with E-state index in [-0.39, 0.29) is 5.91 Å². The Balaban J connectivity index is 1.47. The first-order valence-electron chi connectivity index (χ1n) is 8.86. The molecule has 0 radical (unpaired) electrons. The van der Waals surface area contributed by atoms with Gasteiger partial charge in [0.15, 0.2) is 5.69 Å². The lowest BCUT2D eigenvalue weighted by molar-refractivity contribution is 0.0517. The number of likely N-dealkylation sites (tertiary alicyclic amines) is 1. The Bertz CT molecular complexity index is 586. The molecule has 0 unspecified atom stereocenters. The second-order valence-electron chi connectivity index (χ2n) is 7.12. The Hall–Kier alpha value is -1.40. The van der Waals surface area contributed by atoms with Crippen LogP contribution in [0.5, 0.6) is 0 Å². The van der Waals surface area contributed by atoms with E-state index in [4.69, 9.17) is 4.74 Å². The number of carbonyl (C=O) groups excluding carboxylic acids is 1. The van der Waals surface area contributed by atoms with Gasteiger partial charge in [-0.05, 0) is 31.6 Å². The third-order valence-corrected chi connectivity index (χ3v) is 5.48. The predicted molar refractivity (Wildman–Crippen MR) is 86.0 cm³/mol. The molecule has 23 heavy (non-hydrogen) atoms. The Morgan fingerprint density at radius 3 is 2.70 bits per heavy atom. The smallest absolute Gasteiger partial charge is 0.274 e. The van der Waals surface area contributed by atoms with E-state index in [2.05, 4.69) is 10.00 Å². The number of nitrogens with zero attached hydrogens (tertiary/aromatic N) is 4. The van der Waals surface area contributed by atoms with Crippen molar-refractivity contribution >= 4 is 5.91 Å². The maximum Gasteiger partial charge on any atom is 0.274 e. The molecule has 4 heterocycles. The highest BCUT2D eigenvalue weighted by Gasteiger charge is 2.33. The fraction of sp³-hybridized carbons (Fsp3) is 0.765. The zero-order valence-electron chi connectivity index (χ0n) is 14.0. The van der Waals surface area contributed by atoms with Crippen LogP contribution in [-0.4, -0.2) is 58.3 Å². The molecule has 2 saturated heterocycles. The molecule has 2 fully saturated rings. The van der Waals surface area contributed by atoms with Gasteiger partial charge in [0.2, 0.25) is 0 Å². The Morgan fingerprint density at radius 1 is 1.22 bits per heavy atom. The summed E-state index contributed by atoms with van der Waals surface area (Å²) in [6.07, 6.45) is 4.56. The predicted octanol–water partition coefficient (Wildman–Crippen LogP) is 1.40. The van der Waals surface area contributed by atoms with Crippen LogP contribution in [0.1, 0.15) is 47.4 Å². The number of carbonyl (C=O) groups is 1. The highest BCUT2D eigenvalue weighted by molar-refractivity contribution is 5.94. The van der Waals surface area contributed by atoms with Gasteiger partial charge >= 0.3 is 0 Å². The van der Waals surface area contributed by atoms with Gasteiger partial charge in [-0.25, -0.2) is 0 Å². The minimum atomic E-state index is 0.132. The number of aryl methyl sites for hydroxylation is 1. The van der Waals surface area contributed by atoms with Crippen molar-refractivity contribution in [3.63, 3.8) is 0 Å². The van der Waals surface area contributed by atoms with Crippen LogP contribution in [0.3, 0.4) is 0 Å². The summed E-state index contributed by atoms with van der Waals surface area (Å²) in [5.74, 6) is 0.857. The molecule has 0 N–H and O–H groups in total. The van der Waals surface area contributed by atoms with Crippen LogP contribution in [0, 0.1) is 5.92 Å². The summed E-state index contributed by atoms with van der Waals surface area (Å²) >= 11 is 0. The van der Waals surface area contributed by atoms with Crippen LogP contribution < -0.4 is 0 Å². The first-order valence-corrected chi connectivity index (χ1v) is 8.86. The summed E-state index contributed by atoms with van der Waals surface area (Å²) in [6.45, 7) is 6.46. The molecule has 4 rings (SSSR count). The van der Waals surface area contributed by atoms with Crippen molar-refractivity contribution in [1.29, 1.82) is 0 Å². The zero-order valence-corrected chi connectivity index (χ0v) is 14.0. The van der Waals surface area contributed by atoms with Crippen LogP contribution in [0.15, 0.2) is 0 Å². The van der Waals surface area contributed by atoms with Gasteiger partial charge in [-0.1, -0.05) is 0 Å². The maximum absolute atomic E-state index is 12.7. The van der Waals surface area contributed by atoms with Crippen LogP contribution in [0.25, 0.3) is 0 Å². The molecule has 0 atom stereocenters. The van der Waals surface area contributed by atoms with Crippen molar-refractivity contribution in [3.8, 4) is 0 Å². The standard InChI is InChI=1S/C17H26N4O2/c1-19-15-12-20(10-13-4-8-23-9-5-13)11-14(15)16(18-19)17(22)21-6-2-3-7-21/h13H,2-12H2,1H3. The first-order chi connectivity index (χ1) is 11.2. The Morgan fingerprint density at radius 2 is 1.96 bits per heavy atom. The highest BCUT2D eigenvalue weighted by atomic mass is 16.5. The van der Waals surface area contributed by atoms with Crippen LogP contribution >= 0.6 is 0 Å². The van der Waals surface area contributed by atoms with Crippen LogP contribution in [-0.2, 0) is 24.9 Å². The third kappa shape index (κ3) is 2.90. The summed E-state index contributed by atoms with van der Waals surface area (Å²) in [4.78, 5) is 17.2. The van der Waals surface area contributed by atoms with E-state index >= 15 is 0 Å². The first kappa shape index (κ1) is 15.1. The molecular formula is C17H26N4O2. The summed E-state index contributed by atoms with van der Waals surface area (Å²) in [5.41, 5.74) is 3.08. The summed E-state index contributed by atoms with van der Waals surface area (Å²) in [6, 6.07) is 0. The fourth-order valence-corrected chi connectivity index (χ4v) is 4.12. The molecule has 1 aromatic heterocycles. The van der Waals surface area contributed by atoms with Crippen molar-refractivity contribution in [2.45, 2.75) is 38.8 Å². The number of rotatable bonds is 3. The lowest BCUT2D eigenvalue weighted by Gasteiger charge is -2.26. The molecule has 0 spiro atoms. The summed E-state index contributed by atoms with van der Waals surface area (Å²) in [5, 5.41) is 4.54. The van der Waals surface area contributed by atoms with E-state index in [1.165, 1.54) is 5.69 Å². The quantitative estimate of drug-likeness (QED) is 0.845. The largest absolute Gasteiger partial charge is 0.381 e. The summed E-state index contributed by atoms with van der Waals surface area (Å²) < 4.78 is 7.37. The van der Waals surface area contributed by atoms with E-state index in [0.29, 0.717) is 5.69 Å². The Kier molecular flexibility index (Phi) is 4.11. The van der Waals surface area contributed by atoms with E-state index in [1.54, 1.807) is 0 Å². The molecule has 6 heteroatoms. The van der Waals surface area contributed by atoms with Gasteiger partial charge in [0.05, 0.1) is 5.69 Å². The van der Waals surface area contributed by atoms with Gasteiger partial charge in [-0.15, -0.1) is 0 Å². The minimum absolute atomic E-state index is 0.132. The normalized spacial score (nSPS) is 22.7. The average Bonchev–Trinajstić information content (AvgIpc) is 3.27. The molecule has 0 bridgehead atoms. The number of ether oxygens (including phenoxy) is 1. The second kappa shape index (κ2) is 6.24. The fourth-order valence-electron chi connectivity index (χ4n) is 4.12. The lowest BCUT2D eigenvalue weighted by atomic mass is 10.00. The van der Waals surface area contributed by atoms with Gasteiger partial charge in [0, 0.05) is 58.5 Å². The number of amides is 1. The number of fused-ring (bicyclic) bond motifs is 1. The van der Waals surface area contributed by atoms with Gasteiger partial charge in [-0.3, -0.25) is 14.4 Å². The van der Waals surface area contributed by atoms with Gasteiger partial charge in [-0.2, -0.15) is 5.10 Å². The maximum atomic E-state index is 12.7. The molecule has 0 saturated carbocycles. The number of aromatic nitrogens is 2. The van der Waals surface area contributed by atoms with Gasteiger partial charge in [0.25, 0.3) is 5.91 Å². The molecule has 126 valence electrons. The molecule has 6 nitrogen and oxygen atoms in total. The third-order valence-electron chi connectivity index (χ3n) is 5.48. The van der Waals surface area contributed by atoms with Gasteiger partial charge in [0.1, 0.15) is 0 Å². The molecule has 1 amide bonds. The molecule has 0 aromatic carbocycles. The van der Waals surface area contributed by atoms with E-state index in [1.807, 2.05) is 16.6 Å². The minimum Gasteiger partial charge on any atom is -0.381 e. The van der Waals surface area contributed by atoms with Crippen LogP contribution in [0.4, 0.5) is 0 Å². The molecule has 0 aliphatic carbocycles. The SMILES string of the molecule is Cn1nc(C(=O)N2CCCC2)c2c1CN(CC1CCOCC1)C2. The lowest BCUT2D eigenvalue weighted by Crippen LogP contribution is -2.31. The molecular weight excluding hydrogens is 292 g/mol. The monoisotopic (exact) mass is 318 g/mol. The average molecular weight is 318 g/mol. The van der Waals surface area contributed by atoms with Crippen molar-refractivity contribution in [1.82, 2.24) is 19.6 Å². The van der Waals surface area contributed by atoms with Crippen LogP contribution in [0.2, 0.25) is 0 Å². The van der Waals surface area contributed by atoms with E-state index < -0.39 is 0 Å². The van der Waals surface area contributed by atoms with Crippen molar-refractivity contribution < 1.29 is 9.53 Å². The van der Waals surface area contributed by atoms with Crippen molar-refractivity contribution in [3.05, 3.63) is 17.0 Å². The molecule has 3 aliphatic rings. The second-order valence-corrected chi connectivity index (χ2v) is 7.12. The molecule has 1 aromatic rings. The number of hydrogen-bond donors (Lipinski definition) is 0.